The number of aromatic nitrogens is 3. The van der Waals surface area contributed by atoms with Crippen LogP contribution in [0.1, 0.15) is 21.7 Å². The number of benzene rings is 1. The Balaban J connectivity index is 2.38. The SMILES string of the molecule is Cc1c(C=O)nnn1Cc1c(Cl)cccc1Cl. The van der Waals surface area contributed by atoms with Crippen LogP contribution in [-0.4, -0.2) is 21.3 Å². The largest absolute Gasteiger partial charge is 0.296 e. The van der Waals surface area contributed by atoms with Gasteiger partial charge in [0.2, 0.25) is 0 Å². The average Bonchev–Trinajstić information content (AvgIpc) is 2.65. The third-order valence-electron chi connectivity index (χ3n) is 2.50. The molecular formula is C11H9Cl2N3O. The van der Waals surface area contributed by atoms with E-state index in [1.165, 1.54) is 0 Å². The lowest BCUT2D eigenvalue weighted by atomic mass is 10.2. The molecule has 0 aliphatic carbocycles. The van der Waals surface area contributed by atoms with E-state index in [9.17, 15) is 4.79 Å². The summed E-state index contributed by atoms with van der Waals surface area (Å²) in [6, 6.07) is 5.30. The van der Waals surface area contributed by atoms with E-state index in [1.54, 1.807) is 29.8 Å². The van der Waals surface area contributed by atoms with Crippen LogP contribution < -0.4 is 0 Å². The van der Waals surface area contributed by atoms with Gasteiger partial charge in [0, 0.05) is 15.6 Å². The molecule has 0 saturated heterocycles. The molecule has 0 aliphatic heterocycles. The van der Waals surface area contributed by atoms with Gasteiger partial charge in [0.15, 0.2) is 6.29 Å². The summed E-state index contributed by atoms with van der Waals surface area (Å²) in [6.45, 7) is 2.17. The minimum Gasteiger partial charge on any atom is -0.296 e. The highest BCUT2D eigenvalue weighted by Crippen LogP contribution is 2.25. The molecule has 17 heavy (non-hydrogen) atoms. The summed E-state index contributed by atoms with van der Waals surface area (Å²) in [7, 11) is 0. The van der Waals surface area contributed by atoms with E-state index in [0.29, 0.717) is 34.3 Å². The normalized spacial score (nSPS) is 10.5. The molecule has 0 fully saturated rings. The Kier molecular flexibility index (Phi) is 3.45. The fraction of sp³-hybridized carbons (Fsp3) is 0.182. The van der Waals surface area contributed by atoms with Crippen LogP contribution in [0.5, 0.6) is 0 Å². The average molecular weight is 270 g/mol. The third kappa shape index (κ3) is 2.33. The highest BCUT2D eigenvalue weighted by Gasteiger charge is 2.11. The maximum absolute atomic E-state index is 10.7. The monoisotopic (exact) mass is 269 g/mol. The quantitative estimate of drug-likeness (QED) is 0.806. The van der Waals surface area contributed by atoms with Gasteiger partial charge in [-0.3, -0.25) is 4.79 Å². The van der Waals surface area contributed by atoms with Crippen molar-refractivity contribution in [3.63, 3.8) is 0 Å². The second-order valence-corrected chi connectivity index (χ2v) is 4.35. The van der Waals surface area contributed by atoms with Crippen LogP contribution in [0, 0.1) is 6.92 Å². The van der Waals surface area contributed by atoms with E-state index in [0.717, 1.165) is 5.56 Å². The summed E-state index contributed by atoms with van der Waals surface area (Å²) in [5.74, 6) is 0. The smallest absolute Gasteiger partial charge is 0.172 e. The molecule has 1 aromatic heterocycles. The number of hydrogen-bond acceptors (Lipinski definition) is 3. The van der Waals surface area contributed by atoms with Gasteiger partial charge in [-0.05, 0) is 19.1 Å². The number of nitrogens with zero attached hydrogens (tertiary/aromatic N) is 3. The molecule has 0 amide bonds. The number of carbonyl (C=O) groups excluding carboxylic acids is 1. The Morgan fingerprint density at radius 1 is 1.35 bits per heavy atom. The van der Waals surface area contributed by atoms with Gasteiger partial charge < -0.3 is 0 Å². The minimum absolute atomic E-state index is 0.327. The Morgan fingerprint density at radius 2 is 2.00 bits per heavy atom. The van der Waals surface area contributed by atoms with Crippen LogP contribution in [0.4, 0.5) is 0 Å². The molecule has 1 aromatic carbocycles. The first-order valence-electron chi connectivity index (χ1n) is 4.91. The van der Waals surface area contributed by atoms with Crippen LogP contribution in [-0.2, 0) is 6.54 Å². The molecule has 2 rings (SSSR count). The number of aldehydes is 1. The van der Waals surface area contributed by atoms with Crippen molar-refractivity contribution in [3.05, 3.63) is 45.2 Å². The summed E-state index contributed by atoms with van der Waals surface area (Å²) in [5.41, 5.74) is 1.78. The maximum Gasteiger partial charge on any atom is 0.172 e. The topological polar surface area (TPSA) is 47.8 Å². The number of carbonyl (C=O) groups is 1. The highest BCUT2D eigenvalue weighted by molar-refractivity contribution is 6.35. The molecule has 0 atom stereocenters. The minimum atomic E-state index is 0.327. The second kappa shape index (κ2) is 4.85. The van der Waals surface area contributed by atoms with Crippen molar-refractivity contribution in [1.82, 2.24) is 15.0 Å². The van der Waals surface area contributed by atoms with Crippen LogP contribution >= 0.6 is 23.2 Å². The second-order valence-electron chi connectivity index (χ2n) is 3.54. The Labute approximate surface area is 108 Å². The van der Waals surface area contributed by atoms with Crippen LogP contribution in [0.2, 0.25) is 10.0 Å². The van der Waals surface area contributed by atoms with E-state index in [2.05, 4.69) is 10.3 Å². The molecule has 0 bridgehead atoms. The van der Waals surface area contributed by atoms with Crippen LogP contribution in [0.25, 0.3) is 0 Å². The van der Waals surface area contributed by atoms with Gasteiger partial charge in [0.1, 0.15) is 5.69 Å². The standard InChI is InChI=1S/C11H9Cl2N3O/c1-7-11(6-17)14-15-16(7)5-8-9(12)3-2-4-10(8)13/h2-4,6H,5H2,1H3. The zero-order chi connectivity index (χ0) is 12.4. The first-order chi connectivity index (χ1) is 8.13. The maximum atomic E-state index is 10.7. The molecule has 0 saturated carbocycles. The molecule has 0 unspecified atom stereocenters. The lowest BCUT2D eigenvalue weighted by Gasteiger charge is -2.07. The first-order valence-corrected chi connectivity index (χ1v) is 5.67. The fourth-order valence-electron chi connectivity index (χ4n) is 1.47. The third-order valence-corrected chi connectivity index (χ3v) is 3.21. The Hall–Kier alpha value is -1.39. The van der Waals surface area contributed by atoms with Crippen molar-refractivity contribution >= 4 is 29.5 Å². The summed E-state index contributed by atoms with van der Waals surface area (Å²) < 4.78 is 1.59. The lowest BCUT2D eigenvalue weighted by Crippen LogP contribution is -2.05. The van der Waals surface area contributed by atoms with Gasteiger partial charge >= 0.3 is 0 Å². The molecule has 0 spiro atoms. The molecule has 88 valence electrons. The molecule has 0 aliphatic rings. The molecule has 0 radical (unpaired) electrons. The van der Waals surface area contributed by atoms with E-state index >= 15 is 0 Å². The predicted molar refractivity (Wildman–Crippen MR) is 65.7 cm³/mol. The van der Waals surface area contributed by atoms with Crippen molar-refractivity contribution in [3.8, 4) is 0 Å². The molecule has 1 heterocycles. The van der Waals surface area contributed by atoms with E-state index < -0.39 is 0 Å². The van der Waals surface area contributed by atoms with Crippen LogP contribution in [0.3, 0.4) is 0 Å². The summed E-state index contributed by atoms with van der Waals surface area (Å²) in [6.07, 6.45) is 0.674. The van der Waals surface area contributed by atoms with Gasteiger partial charge in [-0.15, -0.1) is 5.10 Å². The summed E-state index contributed by atoms with van der Waals surface area (Å²) >= 11 is 12.1. The van der Waals surface area contributed by atoms with Crippen molar-refractivity contribution in [1.29, 1.82) is 0 Å². The van der Waals surface area contributed by atoms with Crippen molar-refractivity contribution in [2.24, 2.45) is 0 Å². The van der Waals surface area contributed by atoms with E-state index in [-0.39, 0.29) is 0 Å². The molecule has 2 aromatic rings. The number of halogens is 2. The zero-order valence-electron chi connectivity index (χ0n) is 9.02. The van der Waals surface area contributed by atoms with Gasteiger partial charge in [-0.2, -0.15) is 0 Å². The number of rotatable bonds is 3. The van der Waals surface area contributed by atoms with Crippen molar-refractivity contribution in [2.45, 2.75) is 13.5 Å². The van der Waals surface area contributed by atoms with Crippen molar-refractivity contribution in [2.75, 3.05) is 0 Å². The van der Waals surface area contributed by atoms with E-state index in [1.807, 2.05) is 0 Å². The van der Waals surface area contributed by atoms with Gasteiger partial charge in [-0.1, -0.05) is 34.5 Å². The van der Waals surface area contributed by atoms with Gasteiger partial charge in [0.25, 0.3) is 0 Å². The highest BCUT2D eigenvalue weighted by atomic mass is 35.5. The molecular weight excluding hydrogens is 261 g/mol. The van der Waals surface area contributed by atoms with Gasteiger partial charge in [0.05, 0.1) is 12.2 Å². The Morgan fingerprint density at radius 3 is 2.53 bits per heavy atom. The molecule has 0 N–H and O–H groups in total. The van der Waals surface area contributed by atoms with Crippen LogP contribution in [0.15, 0.2) is 18.2 Å². The molecule has 6 heteroatoms. The fourth-order valence-corrected chi connectivity index (χ4v) is 1.98. The predicted octanol–water partition coefficient (Wildman–Crippen LogP) is 2.75. The van der Waals surface area contributed by atoms with Gasteiger partial charge in [-0.25, -0.2) is 4.68 Å². The number of hydrogen-bond donors (Lipinski definition) is 0. The summed E-state index contributed by atoms with van der Waals surface area (Å²) in [4.78, 5) is 10.7. The van der Waals surface area contributed by atoms with Crippen molar-refractivity contribution < 1.29 is 4.79 Å². The molecule has 4 nitrogen and oxygen atoms in total. The summed E-state index contributed by atoms with van der Waals surface area (Å²) in [5, 5.41) is 8.77. The lowest BCUT2D eigenvalue weighted by molar-refractivity contribution is 0.111. The van der Waals surface area contributed by atoms with E-state index in [4.69, 9.17) is 23.2 Å². The Bertz CT molecular complexity index is 546. The zero-order valence-corrected chi connectivity index (χ0v) is 10.5. The first kappa shape index (κ1) is 12.1.